The van der Waals surface area contributed by atoms with E-state index < -0.39 is 0 Å². The van der Waals surface area contributed by atoms with Crippen LogP contribution in [0.5, 0.6) is 0 Å². The largest absolute Gasteiger partial charge is 0.140 e. The van der Waals surface area contributed by atoms with Crippen molar-refractivity contribution in [2.24, 2.45) is 0 Å². The zero-order valence-corrected chi connectivity index (χ0v) is 12.3. The van der Waals surface area contributed by atoms with Crippen LogP contribution < -0.4 is 0 Å². The Balaban J connectivity index is 2.19. The van der Waals surface area contributed by atoms with Crippen LogP contribution in [0, 0.1) is 6.92 Å². The molecule has 20 heavy (non-hydrogen) atoms. The molecule has 0 saturated carbocycles. The summed E-state index contributed by atoms with van der Waals surface area (Å²) in [7, 11) is 0. The third kappa shape index (κ3) is 2.33. The quantitative estimate of drug-likeness (QED) is 0.509. The van der Waals surface area contributed by atoms with Gasteiger partial charge in [0, 0.05) is 15.0 Å². The molecule has 0 atom stereocenters. The minimum atomic E-state index is 1.26. The Morgan fingerprint density at radius 3 is 2.55 bits per heavy atom. The Hall–Kier alpha value is -2.12. The highest BCUT2D eigenvalue weighted by Crippen LogP contribution is 2.34. The number of fused-ring (bicyclic) bond motifs is 1. The van der Waals surface area contributed by atoms with Crippen LogP contribution in [0.25, 0.3) is 27.3 Å². The molecule has 0 aliphatic carbocycles. The van der Waals surface area contributed by atoms with Crippen molar-refractivity contribution in [2.45, 2.75) is 6.92 Å². The first-order chi connectivity index (χ1) is 9.79. The number of hydrogen-bond donors (Lipinski definition) is 0. The fourth-order valence-electron chi connectivity index (χ4n) is 2.42. The molecule has 0 fully saturated rings. The Morgan fingerprint density at radius 2 is 1.80 bits per heavy atom. The number of allylic oxidation sites excluding steroid dienone is 2. The van der Waals surface area contributed by atoms with Crippen molar-refractivity contribution in [1.29, 1.82) is 0 Å². The van der Waals surface area contributed by atoms with Gasteiger partial charge in [-0.2, -0.15) is 0 Å². The minimum absolute atomic E-state index is 1.26. The van der Waals surface area contributed by atoms with Crippen molar-refractivity contribution < 1.29 is 0 Å². The van der Waals surface area contributed by atoms with Gasteiger partial charge < -0.3 is 0 Å². The standard InChI is InChI=1S/C19H16S/c1-3-4-10-17-14(2)20-19-12-11-16(13-18(17)19)15-8-6-5-7-9-15/h3-13H,1H2,2H3/b10-4-. The van der Waals surface area contributed by atoms with Gasteiger partial charge in [-0.05, 0) is 35.7 Å². The molecule has 0 radical (unpaired) electrons. The van der Waals surface area contributed by atoms with Crippen LogP contribution >= 0.6 is 11.3 Å². The first kappa shape index (κ1) is 12.9. The van der Waals surface area contributed by atoms with E-state index in [9.17, 15) is 0 Å². The summed E-state index contributed by atoms with van der Waals surface area (Å²) in [6.07, 6.45) is 5.98. The fourth-order valence-corrected chi connectivity index (χ4v) is 3.45. The molecule has 0 N–H and O–H groups in total. The third-order valence-corrected chi connectivity index (χ3v) is 4.52. The summed E-state index contributed by atoms with van der Waals surface area (Å²) in [5.41, 5.74) is 3.84. The number of rotatable bonds is 3. The van der Waals surface area contributed by atoms with Crippen LogP contribution in [0.4, 0.5) is 0 Å². The van der Waals surface area contributed by atoms with E-state index in [4.69, 9.17) is 0 Å². The number of hydrogen-bond acceptors (Lipinski definition) is 1. The average Bonchev–Trinajstić information content (AvgIpc) is 2.80. The molecule has 3 aromatic rings. The molecule has 0 spiro atoms. The van der Waals surface area contributed by atoms with E-state index in [2.05, 4.69) is 68.1 Å². The van der Waals surface area contributed by atoms with Gasteiger partial charge in [0.1, 0.15) is 0 Å². The monoisotopic (exact) mass is 276 g/mol. The highest BCUT2D eigenvalue weighted by atomic mass is 32.1. The summed E-state index contributed by atoms with van der Waals surface area (Å²) in [6.45, 7) is 5.93. The fraction of sp³-hybridized carbons (Fsp3) is 0.0526. The lowest BCUT2D eigenvalue weighted by molar-refractivity contribution is 1.61. The minimum Gasteiger partial charge on any atom is -0.140 e. The van der Waals surface area contributed by atoms with Crippen molar-refractivity contribution >= 4 is 27.5 Å². The van der Waals surface area contributed by atoms with E-state index in [0.29, 0.717) is 0 Å². The summed E-state index contributed by atoms with van der Waals surface area (Å²) in [5.74, 6) is 0. The summed E-state index contributed by atoms with van der Waals surface area (Å²) < 4.78 is 1.34. The second kappa shape index (κ2) is 5.48. The highest BCUT2D eigenvalue weighted by molar-refractivity contribution is 7.19. The van der Waals surface area contributed by atoms with Gasteiger partial charge in [0.2, 0.25) is 0 Å². The summed E-state index contributed by atoms with van der Waals surface area (Å²) in [6, 6.07) is 17.2. The number of benzene rings is 2. The van der Waals surface area contributed by atoms with Gasteiger partial charge in [0.05, 0.1) is 0 Å². The van der Waals surface area contributed by atoms with Gasteiger partial charge in [-0.25, -0.2) is 0 Å². The number of thiophene rings is 1. The van der Waals surface area contributed by atoms with Crippen LogP contribution in [0.15, 0.2) is 67.3 Å². The van der Waals surface area contributed by atoms with Crippen LogP contribution in [0.1, 0.15) is 10.4 Å². The Bertz CT molecular complexity index is 776. The van der Waals surface area contributed by atoms with E-state index in [1.807, 2.05) is 23.5 Å². The lowest BCUT2D eigenvalue weighted by atomic mass is 10.0. The molecule has 0 bridgehead atoms. The Morgan fingerprint density at radius 1 is 1.00 bits per heavy atom. The second-order valence-electron chi connectivity index (χ2n) is 4.74. The topological polar surface area (TPSA) is 0 Å². The lowest BCUT2D eigenvalue weighted by Gasteiger charge is -2.02. The second-order valence-corrected chi connectivity index (χ2v) is 6.00. The van der Waals surface area contributed by atoms with Crippen molar-refractivity contribution in [3.05, 3.63) is 77.7 Å². The molecule has 2 aromatic carbocycles. The van der Waals surface area contributed by atoms with Crippen LogP contribution in [-0.4, -0.2) is 0 Å². The predicted molar refractivity (Wildman–Crippen MR) is 91.2 cm³/mol. The van der Waals surface area contributed by atoms with Gasteiger partial charge in [-0.15, -0.1) is 11.3 Å². The van der Waals surface area contributed by atoms with Crippen molar-refractivity contribution in [3.63, 3.8) is 0 Å². The van der Waals surface area contributed by atoms with Gasteiger partial charge in [-0.3, -0.25) is 0 Å². The van der Waals surface area contributed by atoms with Crippen LogP contribution in [0.3, 0.4) is 0 Å². The first-order valence-electron chi connectivity index (χ1n) is 6.67. The van der Waals surface area contributed by atoms with Gasteiger partial charge in [0.15, 0.2) is 0 Å². The molecule has 1 heterocycles. The maximum Gasteiger partial charge on any atom is 0.0352 e. The molecule has 0 unspecified atom stereocenters. The highest BCUT2D eigenvalue weighted by Gasteiger charge is 2.07. The van der Waals surface area contributed by atoms with Gasteiger partial charge in [0.25, 0.3) is 0 Å². The zero-order valence-electron chi connectivity index (χ0n) is 11.5. The normalized spacial score (nSPS) is 11.2. The first-order valence-corrected chi connectivity index (χ1v) is 7.49. The average molecular weight is 276 g/mol. The van der Waals surface area contributed by atoms with E-state index in [-0.39, 0.29) is 0 Å². The molecule has 0 nitrogen and oxygen atoms in total. The van der Waals surface area contributed by atoms with Crippen molar-refractivity contribution in [2.75, 3.05) is 0 Å². The maximum absolute atomic E-state index is 3.75. The van der Waals surface area contributed by atoms with Crippen molar-refractivity contribution in [3.8, 4) is 11.1 Å². The van der Waals surface area contributed by atoms with E-state index >= 15 is 0 Å². The van der Waals surface area contributed by atoms with Crippen molar-refractivity contribution in [1.82, 2.24) is 0 Å². The Kier molecular flexibility index (Phi) is 3.53. The molecule has 1 aromatic heterocycles. The van der Waals surface area contributed by atoms with E-state index in [1.54, 1.807) is 0 Å². The molecule has 1 heteroatoms. The Labute approximate surface area is 123 Å². The molecule has 3 rings (SSSR count). The molecule has 0 amide bonds. The lowest BCUT2D eigenvalue weighted by Crippen LogP contribution is -1.78. The van der Waals surface area contributed by atoms with Crippen LogP contribution in [0.2, 0.25) is 0 Å². The molecule has 0 saturated heterocycles. The third-order valence-electron chi connectivity index (χ3n) is 3.42. The van der Waals surface area contributed by atoms with Gasteiger partial charge in [-0.1, -0.05) is 61.2 Å². The SMILES string of the molecule is C=C/C=C\c1c(C)sc2ccc(-c3ccccc3)cc12. The van der Waals surface area contributed by atoms with Gasteiger partial charge >= 0.3 is 0 Å². The number of aryl methyl sites for hydroxylation is 1. The molecule has 98 valence electrons. The molecule has 0 aliphatic heterocycles. The van der Waals surface area contributed by atoms with Crippen LogP contribution in [-0.2, 0) is 0 Å². The zero-order chi connectivity index (χ0) is 13.9. The summed E-state index contributed by atoms with van der Waals surface area (Å²) in [4.78, 5) is 1.35. The predicted octanol–water partition coefficient (Wildman–Crippen LogP) is 6.08. The molecular formula is C19H16S. The molecule has 0 aliphatic rings. The summed E-state index contributed by atoms with van der Waals surface area (Å²) >= 11 is 1.85. The van der Waals surface area contributed by atoms with E-state index in [0.717, 1.165) is 0 Å². The van der Waals surface area contributed by atoms with E-state index in [1.165, 1.54) is 31.7 Å². The summed E-state index contributed by atoms with van der Waals surface area (Å²) in [5, 5.41) is 1.33. The maximum atomic E-state index is 3.75. The molecular weight excluding hydrogens is 260 g/mol. The smallest absolute Gasteiger partial charge is 0.0352 e.